The van der Waals surface area contributed by atoms with Gasteiger partial charge in [0.25, 0.3) is 0 Å². The Hall–Kier alpha value is -0.160. The average Bonchev–Trinajstić information content (AvgIpc) is 2.26. The number of morpholine rings is 1. The minimum Gasteiger partial charge on any atom is -0.390 e. The molecule has 102 valence electrons. The number of nitrogens with zero attached hydrogens (tertiary/aromatic N) is 1. The molecule has 0 aromatic carbocycles. The molecule has 2 N–H and O–H groups in total. The smallest absolute Gasteiger partial charge is 0.0791 e. The monoisotopic (exact) mass is 244 g/mol. The SMILES string of the molecule is CCC1CN(CC(O)CNC(C)(C)C)CCO1. The first-order valence-electron chi connectivity index (χ1n) is 6.67. The molecule has 1 rings (SSSR count). The van der Waals surface area contributed by atoms with Crippen molar-refractivity contribution in [3.8, 4) is 0 Å². The molecule has 0 aromatic rings. The Morgan fingerprint density at radius 2 is 2.18 bits per heavy atom. The molecule has 0 amide bonds. The summed E-state index contributed by atoms with van der Waals surface area (Å²) in [6.07, 6.45) is 1.09. The lowest BCUT2D eigenvalue weighted by Gasteiger charge is -2.34. The van der Waals surface area contributed by atoms with Gasteiger partial charge < -0.3 is 15.2 Å². The molecule has 2 atom stereocenters. The summed E-state index contributed by atoms with van der Waals surface area (Å²) >= 11 is 0. The molecule has 2 unspecified atom stereocenters. The van der Waals surface area contributed by atoms with Crippen LogP contribution in [0.25, 0.3) is 0 Å². The zero-order valence-electron chi connectivity index (χ0n) is 11.7. The molecule has 0 aromatic heterocycles. The fourth-order valence-corrected chi connectivity index (χ4v) is 1.98. The van der Waals surface area contributed by atoms with Crippen LogP contribution < -0.4 is 5.32 Å². The second-order valence-electron chi connectivity index (χ2n) is 5.95. The van der Waals surface area contributed by atoms with Gasteiger partial charge in [0, 0.05) is 31.7 Å². The van der Waals surface area contributed by atoms with Gasteiger partial charge in [0.2, 0.25) is 0 Å². The Bertz CT molecular complexity index is 216. The highest BCUT2D eigenvalue weighted by Crippen LogP contribution is 2.08. The first kappa shape index (κ1) is 14.9. The Labute approximate surface area is 105 Å². The van der Waals surface area contributed by atoms with Crippen molar-refractivity contribution >= 4 is 0 Å². The highest BCUT2D eigenvalue weighted by molar-refractivity contribution is 4.77. The van der Waals surface area contributed by atoms with E-state index >= 15 is 0 Å². The molecule has 0 aliphatic carbocycles. The maximum atomic E-state index is 9.98. The third-order valence-corrected chi connectivity index (χ3v) is 3.02. The minimum absolute atomic E-state index is 0.0674. The van der Waals surface area contributed by atoms with Gasteiger partial charge in [-0.1, -0.05) is 6.92 Å². The summed E-state index contributed by atoms with van der Waals surface area (Å²) in [5.74, 6) is 0. The number of β-amino-alcohol motifs (C(OH)–C–C–N with tert-alkyl or cyclic N) is 1. The maximum Gasteiger partial charge on any atom is 0.0791 e. The molecule has 0 bridgehead atoms. The zero-order valence-corrected chi connectivity index (χ0v) is 11.7. The van der Waals surface area contributed by atoms with Crippen LogP contribution in [0.3, 0.4) is 0 Å². The highest BCUT2D eigenvalue weighted by Gasteiger charge is 2.21. The van der Waals surface area contributed by atoms with Crippen LogP contribution in [0.15, 0.2) is 0 Å². The van der Waals surface area contributed by atoms with Crippen molar-refractivity contribution in [1.29, 1.82) is 0 Å². The van der Waals surface area contributed by atoms with Gasteiger partial charge in [-0.2, -0.15) is 0 Å². The van der Waals surface area contributed by atoms with Crippen LogP contribution in [-0.2, 0) is 4.74 Å². The van der Waals surface area contributed by atoms with Crippen LogP contribution in [0.2, 0.25) is 0 Å². The van der Waals surface area contributed by atoms with Crippen molar-refractivity contribution in [3.63, 3.8) is 0 Å². The highest BCUT2D eigenvalue weighted by atomic mass is 16.5. The van der Waals surface area contributed by atoms with Crippen LogP contribution in [0, 0.1) is 0 Å². The Balaban J connectivity index is 2.23. The number of nitrogens with one attached hydrogen (secondary N) is 1. The summed E-state index contributed by atoms with van der Waals surface area (Å²) in [5, 5.41) is 13.3. The summed E-state index contributed by atoms with van der Waals surface area (Å²) in [6.45, 7) is 12.5. The van der Waals surface area contributed by atoms with Crippen LogP contribution in [0.1, 0.15) is 34.1 Å². The second kappa shape index (κ2) is 6.69. The van der Waals surface area contributed by atoms with Gasteiger partial charge in [-0.3, -0.25) is 4.90 Å². The Morgan fingerprint density at radius 3 is 2.76 bits per heavy atom. The van der Waals surface area contributed by atoms with Crippen LogP contribution in [0.5, 0.6) is 0 Å². The van der Waals surface area contributed by atoms with E-state index in [0.717, 1.165) is 32.7 Å². The third-order valence-electron chi connectivity index (χ3n) is 3.02. The number of hydrogen-bond donors (Lipinski definition) is 2. The quantitative estimate of drug-likeness (QED) is 0.752. The van der Waals surface area contributed by atoms with Gasteiger partial charge in [0.1, 0.15) is 0 Å². The van der Waals surface area contributed by atoms with E-state index in [1.807, 2.05) is 0 Å². The molecular formula is C13H28N2O2. The van der Waals surface area contributed by atoms with Gasteiger partial charge in [0.15, 0.2) is 0 Å². The van der Waals surface area contributed by atoms with Crippen molar-refractivity contribution in [1.82, 2.24) is 10.2 Å². The van der Waals surface area contributed by atoms with E-state index in [9.17, 15) is 5.11 Å². The lowest BCUT2D eigenvalue weighted by molar-refractivity contribution is -0.0416. The van der Waals surface area contributed by atoms with E-state index in [1.165, 1.54) is 0 Å². The van der Waals surface area contributed by atoms with Crippen molar-refractivity contribution in [2.45, 2.75) is 51.9 Å². The number of rotatable bonds is 5. The van der Waals surface area contributed by atoms with Crippen molar-refractivity contribution < 1.29 is 9.84 Å². The molecule has 1 aliphatic heterocycles. The van der Waals surface area contributed by atoms with Crippen molar-refractivity contribution in [2.24, 2.45) is 0 Å². The maximum absolute atomic E-state index is 9.98. The van der Waals surface area contributed by atoms with E-state index in [1.54, 1.807) is 0 Å². The molecule has 4 nitrogen and oxygen atoms in total. The van der Waals surface area contributed by atoms with Gasteiger partial charge >= 0.3 is 0 Å². The third kappa shape index (κ3) is 6.36. The fourth-order valence-electron chi connectivity index (χ4n) is 1.98. The molecule has 17 heavy (non-hydrogen) atoms. The molecule has 1 aliphatic rings. The largest absolute Gasteiger partial charge is 0.390 e. The van der Waals surface area contributed by atoms with E-state index < -0.39 is 0 Å². The van der Waals surface area contributed by atoms with E-state index in [2.05, 4.69) is 37.9 Å². The molecule has 1 heterocycles. The first-order chi connectivity index (χ1) is 7.90. The van der Waals surface area contributed by atoms with Crippen LogP contribution in [0.4, 0.5) is 0 Å². The molecular weight excluding hydrogens is 216 g/mol. The topological polar surface area (TPSA) is 44.7 Å². The molecule has 1 fully saturated rings. The summed E-state index contributed by atoms with van der Waals surface area (Å²) in [4.78, 5) is 2.30. The summed E-state index contributed by atoms with van der Waals surface area (Å²) < 4.78 is 5.61. The fraction of sp³-hybridized carbons (Fsp3) is 1.00. The van der Waals surface area contributed by atoms with Gasteiger partial charge in [0.05, 0.1) is 18.8 Å². The molecule has 1 saturated heterocycles. The van der Waals surface area contributed by atoms with Gasteiger partial charge in [-0.25, -0.2) is 0 Å². The summed E-state index contributed by atoms with van der Waals surface area (Å²) in [5.41, 5.74) is 0.0674. The summed E-state index contributed by atoms with van der Waals surface area (Å²) in [7, 11) is 0. The summed E-state index contributed by atoms with van der Waals surface area (Å²) in [6, 6.07) is 0. The molecule has 0 radical (unpaired) electrons. The van der Waals surface area contributed by atoms with Gasteiger partial charge in [-0.05, 0) is 27.2 Å². The minimum atomic E-state index is -0.301. The average molecular weight is 244 g/mol. The molecule has 0 saturated carbocycles. The van der Waals surface area contributed by atoms with Crippen molar-refractivity contribution in [3.05, 3.63) is 0 Å². The zero-order chi connectivity index (χ0) is 12.9. The Kier molecular flexibility index (Phi) is 5.86. The number of aliphatic hydroxyl groups is 1. The second-order valence-corrected chi connectivity index (χ2v) is 5.95. The van der Waals surface area contributed by atoms with E-state index in [4.69, 9.17) is 4.74 Å². The van der Waals surface area contributed by atoms with E-state index in [0.29, 0.717) is 12.6 Å². The number of hydrogen-bond acceptors (Lipinski definition) is 4. The van der Waals surface area contributed by atoms with E-state index in [-0.39, 0.29) is 11.6 Å². The molecule has 4 heteroatoms. The lowest BCUT2D eigenvalue weighted by Crippen LogP contribution is -2.49. The Morgan fingerprint density at radius 1 is 1.47 bits per heavy atom. The normalized spacial score (nSPS) is 24.9. The number of aliphatic hydroxyl groups excluding tert-OH is 1. The number of ether oxygens (including phenoxy) is 1. The first-order valence-corrected chi connectivity index (χ1v) is 6.67. The lowest BCUT2D eigenvalue weighted by atomic mass is 10.1. The van der Waals surface area contributed by atoms with Crippen LogP contribution in [-0.4, -0.2) is 60.5 Å². The predicted molar refractivity (Wildman–Crippen MR) is 70.2 cm³/mol. The van der Waals surface area contributed by atoms with Crippen LogP contribution >= 0.6 is 0 Å². The van der Waals surface area contributed by atoms with Crippen molar-refractivity contribution in [2.75, 3.05) is 32.8 Å². The standard InChI is InChI=1S/C13H28N2O2/c1-5-12-10-15(6-7-17-12)9-11(16)8-14-13(2,3)4/h11-12,14,16H,5-10H2,1-4H3. The van der Waals surface area contributed by atoms with Gasteiger partial charge in [-0.15, -0.1) is 0 Å². The predicted octanol–water partition coefficient (Wildman–Crippen LogP) is 0.846. The molecule has 0 spiro atoms.